The average molecular weight is 334 g/mol. The summed E-state index contributed by atoms with van der Waals surface area (Å²) in [5.41, 5.74) is -0.0425. The predicted molar refractivity (Wildman–Crippen MR) is 85.7 cm³/mol. The largest absolute Gasteiger partial charge is 0.423 e. The van der Waals surface area contributed by atoms with Gasteiger partial charge in [-0.3, -0.25) is 0 Å². The fraction of sp³-hybridized carbons (Fsp3) is 0.438. The molecule has 0 bridgehead atoms. The third kappa shape index (κ3) is 2.58. The van der Waals surface area contributed by atoms with Crippen LogP contribution in [0, 0.1) is 11.8 Å². The van der Waals surface area contributed by atoms with Gasteiger partial charge >= 0.3 is 5.63 Å². The molecule has 0 saturated carbocycles. The van der Waals surface area contributed by atoms with Gasteiger partial charge in [0.15, 0.2) is 0 Å². The molecule has 0 amide bonds. The Bertz CT molecular complexity index is 906. The van der Waals surface area contributed by atoms with E-state index in [1.807, 2.05) is 0 Å². The van der Waals surface area contributed by atoms with E-state index < -0.39 is 15.6 Å². The molecule has 1 N–H and O–H groups in total. The molecule has 2 aliphatic heterocycles. The zero-order chi connectivity index (χ0) is 16.0. The zero-order valence-electron chi connectivity index (χ0n) is 12.6. The van der Waals surface area contributed by atoms with Crippen molar-refractivity contribution in [1.29, 1.82) is 0 Å². The molecule has 2 atom stereocenters. The van der Waals surface area contributed by atoms with E-state index in [1.165, 1.54) is 12.1 Å². The summed E-state index contributed by atoms with van der Waals surface area (Å²) in [6.45, 7) is 3.02. The number of fused-ring (bicyclic) bond motifs is 2. The molecule has 0 aliphatic carbocycles. The van der Waals surface area contributed by atoms with Crippen molar-refractivity contribution >= 4 is 21.0 Å². The SMILES string of the molecule is O=c1ccc2cc(S(=O)(=O)N3CCC4CNCC4C3)ccc2o1. The first-order chi connectivity index (χ1) is 11.0. The van der Waals surface area contributed by atoms with Crippen LogP contribution in [0.15, 0.2) is 44.4 Å². The Kier molecular flexibility index (Phi) is 3.51. The molecule has 2 aromatic rings. The third-order valence-electron chi connectivity index (χ3n) is 4.90. The normalized spacial score (nSPS) is 25.6. The van der Waals surface area contributed by atoms with Crippen LogP contribution in [0.5, 0.6) is 0 Å². The number of benzene rings is 1. The summed E-state index contributed by atoms with van der Waals surface area (Å²) in [6, 6.07) is 7.53. The van der Waals surface area contributed by atoms with Crippen LogP contribution in [0.25, 0.3) is 11.0 Å². The van der Waals surface area contributed by atoms with E-state index in [9.17, 15) is 13.2 Å². The Morgan fingerprint density at radius 1 is 1.13 bits per heavy atom. The number of rotatable bonds is 2. The summed E-state index contributed by atoms with van der Waals surface area (Å²) in [4.78, 5) is 11.5. The highest BCUT2D eigenvalue weighted by Crippen LogP contribution is 2.30. The zero-order valence-corrected chi connectivity index (χ0v) is 13.4. The molecule has 23 heavy (non-hydrogen) atoms. The fourth-order valence-corrected chi connectivity index (χ4v) is 5.13. The Morgan fingerprint density at radius 2 is 1.96 bits per heavy atom. The van der Waals surface area contributed by atoms with Crippen molar-refractivity contribution in [3.05, 3.63) is 40.8 Å². The molecular weight excluding hydrogens is 316 g/mol. The van der Waals surface area contributed by atoms with Crippen LogP contribution < -0.4 is 10.9 Å². The summed E-state index contributed by atoms with van der Waals surface area (Å²) in [5, 5.41) is 3.96. The van der Waals surface area contributed by atoms with Gasteiger partial charge in [-0.2, -0.15) is 4.31 Å². The van der Waals surface area contributed by atoms with Crippen molar-refractivity contribution < 1.29 is 12.8 Å². The smallest absolute Gasteiger partial charge is 0.336 e. The fourth-order valence-electron chi connectivity index (χ4n) is 3.58. The summed E-state index contributed by atoms with van der Waals surface area (Å²) in [5.74, 6) is 0.990. The molecular formula is C16H18N2O4S. The summed E-state index contributed by atoms with van der Waals surface area (Å²) >= 11 is 0. The summed E-state index contributed by atoms with van der Waals surface area (Å²) in [7, 11) is -3.52. The van der Waals surface area contributed by atoms with E-state index in [0.717, 1.165) is 19.5 Å². The lowest BCUT2D eigenvalue weighted by Gasteiger charge is -2.33. The maximum absolute atomic E-state index is 12.9. The molecule has 122 valence electrons. The van der Waals surface area contributed by atoms with Gasteiger partial charge in [0.05, 0.1) is 4.90 Å². The van der Waals surface area contributed by atoms with Crippen molar-refractivity contribution in [2.24, 2.45) is 11.8 Å². The molecule has 2 fully saturated rings. The number of sulfonamides is 1. The Balaban J connectivity index is 1.68. The van der Waals surface area contributed by atoms with Crippen LogP contribution in [-0.4, -0.2) is 38.9 Å². The molecule has 2 aliphatic rings. The third-order valence-corrected chi connectivity index (χ3v) is 6.76. The van der Waals surface area contributed by atoms with E-state index in [2.05, 4.69) is 5.32 Å². The van der Waals surface area contributed by atoms with Crippen LogP contribution in [0.2, 0.25) is 0 Å². The van der Waals surface area contributed by atoms with Crippen LogP contribution >= 0.6 is 0 Å². The van der Waals surface area contributed by atoms with Crippen LogP contribution in [0.4, 0.5) is 0 Å². The predicted octanol–water partition coefficient (Wildman–Crippen LogP) is 1.02. The van der Waals surface area contributed by atoms with Crippen molar-refractivity contribution in [2.45, 2.75) is 11.3 Å². The summed E-state index contributed by atoms with van der Waals surface area (Å²) in [6.07, 6.45) is 0.902. The number of nitrogens with one attached hydrogen (secondary N) is 1. The lowest BCUT2D eigenvalue weighted by atomic mass is 9.90. The molecule has 0 spiro atoms. The first-order valence-electron chi connectivity index (χ1n) is 7.79. The number of hydrogen-bond donors (Lipinski definition) is 1. The first-order valence-corrected chi connectivity index (χ1v) is 9.23. The monoisotopic (exact) mass is 334 g/mol. The van der Waals surface area contributed by atoms with Gasteiger partial charge in [0.2, 0.25) is 10.0 Å². The average Bonchev–Trinajstić information content (AvgIpc) is 3.01. The van der Waals surface area contributed by atoms with Crippen molar-refractivity contribution in [3.63, 3.8) is 0 Å². The highest BCUT2D eigenvalue weighted by atomic mass is 32.2. The van der Waals surface area contributed by atoms with Gasteiger partial charge in [-0.15, -0.1) is 0 Å². The van der Waals surface area contributed by atoms with Crippen LogP contribution in [-0.2, 0) is 10.0 Å². The molecule has 2 unspecified atom stereocenters. The lowest BCUT2D eigenvalue weighted by molar-refractivity contribution is 0.228. The Hall–Kier alpha value is -1.70. The van der Waals surface area contributed by atoms with E-state index in [0.29, 0.717) is 35.9 Å². The van der Waals surface area contributed by atoms with Crippen molar-refractivity contribution in [2.75, 3.05) is 26.2 Å². The van der Waals surface area contributed by atoms with Crippen LogP contribution in [0.3, 0.4) is 0 Å². The second-order valence-electron chi connectivity index (χ2n) is 6.28. The minimum atomic E-state index is -3.52. The molecule has 4 rings (SSSR count). The molecule has 1 aromatic heterocycles. The van der Waals surface area contributed by atoms with E-state index in [4.69, 9.17) is 4.42 Å². The lowest BCUT2D eigenvalue weighted by Crippen LogP contribution is -2.43. The Morgan fingerprint density at radius 3 is 2.83 bits per heavy atom. The van der Waals surface area contributed by atoms with Crippen molar-refractivity contribution in [3.8, 4) is 0 Å². The van der Waals surface area contributed by atoms with Gasteiger partial charge in [-0.05, 0) is 55.6 Å². The van der Waals surface area contributed by atoms with Gasteiger partial charge in [0, 0.05) is 24.5 Å². The highest BCUT2D eigenvalue weighted by Gasteiger charge is 2.37. The molecule has 2 saturated heterocycles. The van der Waals surface area contributed by atoms with Gasteiger partial charge in [-0.1, -0.05) is 0 Å². The minimum Gasteiger partial charge on any atom is -0.423 e. The standard InChI is InChI=1S/C16H18N2O4S/c19-16-4-1-11-7-14(2-3-15(11)22-16)23(20,21)18-6-5-12-8-17-9-13(12)10-18/h1-4,7,12-13,17H,5-6,8-10H2. The highest BCUT2D eigenvalue weighted by molar-refractivity contribution is 7.89. The molecule has 7 heteroatoms. The molecule has 3 heterocycles. The molecule has 0 radical (unpaired) electrons. The van der Waals surface area contributed by atoms with E-state index in [-0.39, 0.29) is 4.90 Å². The number of hydrogen-bond acceptors (Lipinski definition) is 5. The Labute approximate surface area is 134 Å². The van der Waals surface area contributed by atoms with Crippen molar-refractivity contribution in [1.82, 2.24) is 9.62 Å². The van der Waals surface area contributed by atoms with Gasteiger partial charge in [0.1, 0.15) is 5.58 Å². The first kappa shape index (κ1) is 14.9. The van der Waals surface area contributed by atoms with E-state index in [1.54, 1.807) is 22.5 Å². The summed E-state index contributed by atoms with van der Waals surface area (Å²) < 4.78 is 32.4. The second kappa shape index (κ2) is 5.43. The van der Waals surface area contributed by atoms with E-state index >= 15 is 0 Å². The molecule has 6 nitrogen and oxygen atoms in total. The van der Waals surface area contributed by atoms with Gasteiger partial charge in [0.25, 0.3) is 0 Å². The molecule has 1 aromatic carbocycles. The van der Waals surface area contributed by atoms with Crippen LogP contribution in [0.1, 0.15) is 6.42 Å². The van der Waals surface area contributed by atoms with Gasteiger partial charge in [-0.25, -0.2) is 13.2 Å². The topological polar surface area (TPSA) is 79.6 Å². The number of piperidine rings is 1. The second-order valence-corrected chi connectivity index (χ2v) is 8.22. The minimum absolute atomic E-state index is 0.253. The maximum Gasteiger partial charge on any atom is 0.336 e. The maximum atomic E-state index is 12.9. The quantitative estimate of drug-likeness (QED) is 0.830. The van der Waals surface area contributed by atoms with Gasteiger partial charge < -0.3 is 9.73 Å². The number of nitrogens with zero attached hydrogens (tertiary/aromatic N) is 1.